The second kappa shape index (κ2) is 5.53. The summed E-state index contributed by atoms with van der Waals surface area (Å²) in [6.07, 6.45) is 1.06. The van der Waals surface area contributed by atoms with Crippen LogP contribution in [-0.4, -0.2) is 59.9 Å². The number of rotatable bonds is 3. The van der Waals surface area contributed by atoms with Crippen molar-refractivity contribution in [1.82, 2.24) is 10.2 Å². The number of hydrogen-bond donors (Lipinski definition) is 3. The molecule has 7 nitrogen and oxygen atoms in total. The van der Waals surface area contributed by atoms with Gasteiger partial charge < -0.3 is 25.8 Å². The van der Waals surface area contributed by atoms with E-state index in [1.165, 1.54) is 0 Å². The average molecular weight is 257 g/mol. The van der Waals surface area contributed by atoms with Crippen molar-refractivity contribution in [2.24, 2.45) is 5.73 Å². The van der Waals surface area contributed by atoms with Crippen molar-refractivity contribution >= 4 is 12.0 Å². The molecule has 7 heteroatoms. The van der Waals surface area contributed by atoms with Gasteiger partial charge in [0.2, 0.25) is 0 Å². The van der Waals surface area contributed by atoms with Crippen molar-refractivity contribution in [3.05, 3.63) is 0 Å². The zero-order valence-electron chi connectivity index (χ0n) is 10.2. The fraction of sp³-hybridized carbons (Fsp3) is 0.818. The molecule has 0 radical (unpaired) electrons. The summed E-state index contributed by atoms with van der Waals surface area (Å²) in [5, 5.41) is 11.5. The van der Waals surface area contributed by atoms with Gasteiger partial charge in [-0.15, -0.1) is 0 Å². The van der Waals surface area contributed by atoms with Gasteiger partial charge in [-0.2, -0.15) is 0 Å². The van der Waals surface area contributed by atoms with E-state index in [2.05, 4.69) is 5.32 Å². The molecule has 4 N–H and O–H groups in total. The molecular weight excluding hydrogens is 238 g/mol. The van der Waals surface area contributed by atoms with E-state index in [4.69, 9.17) is 15.6 Å². The normalized spacial score (nSPS) is 31.6. The molecule has 3 atom stereocenters. The van der Waals surface area contributed by atoms with Crippen LogP contribution >= 0.6 is 0 Å². The predicted octanol–water partition coefficient (Wildman–Crippen LogP) is -0.639. The van der Waals surface area contributed by atoms with Gasteiger partial charge in [-0.3, -0.25) is 0 Å². The number of carbonyl (C=O) groups excluding carboxylic acids is 1. The molecule has 2 amide bonds. The lowest BCUT2D eigenvalue weighted by Gasteiger charge is -2.18. The maximum absolute atomic E-state index is 11.8. The Bertz CT molecular complexity index is 336. The Labute approximate surface area is 105 Å². The molecule has 2 rings (SSSR count). The molecule has 2 heterocycles. The molecule has 3 unspecified atom stereocenters. The van der Waals surface area contributed by atoms with Crippen molar-refractivity contribution in [1.29, 1.82) is 0 Å². The maximum atomic E-state index is 11.8. The van der Waals surface area contributed by atoms with E-state index in [0.717, 1.165) is 6.42 Å². The highest BCUT2D eigenvalue weighted by atomic mass is 16.5. The van der Waals surface area contributed by atoms with E-state index in [1.807, 2.05) is 0 Å². The van der Waals surface area contributed by atoms with Crippen LogP contribution in [0.4, 0.5) is 4.79 Å². The molecule has 2 saturated heterocycles. The molecule has 0 aromatic carbocycles. The monoisotopic (exact) mass is 257 g/mol. The van der Waals surface area contributed by atoms with Crippen LogP contribution in [0.15, 0.2) is 0 Å². The number of nitrogens with two attached hydrogens (primary N) is 1. The summed E-state index contributed by atoms with van der Waals surface area (Å²) in [7, 11) is 0. The predicted molar refractivity (Wildman–Crippen MR) is 63.1 cm³/mol. The minimum Gasteiger partial charge on any atom is -0.479 e. The molecule has 0 saturated carbocycles. The summed E-state index contributed by atoms with van der Waals surface area (Å²) >= 11 is 0. The molecule has 0 spiro atoms. The van der Waals surface area contributed by atoms with Gasteiger partial charge in [-0.1, -0.05) is 0 Å². The second-order valence-electron chi connectivity index (χ2n) is 4.84. The van der Waals surface area contributed by atoms with E-state index >= 15 is 0 Å². The molecule has 2 aliphatic rings. The summed E-state index contributed by atoms with van der Waals surface area (Å²) < 4.78 is 5.30. The minimum absolute atomic E-state index is 0.0647. The summed E-state index contributed by atoms with van der Waals surface area (Å²) in [4.78, 5) is 24.1. The van der Waals surface area contributed by atoms with Crippen LogP contribution in [0.25, 0.3) is 0 Å². The Morgan fingerprint density at radius 3 is 2.72 bits per heavy atom. The lowest BCUT2D eigenvalue weighted by atomic mass is 10.2. The molecule has 0 bridgehead atoms. The topological polar surface area (TPSA) is 105 Å². The number of aliphatic carboxylic acids is 1. The van der Waals surface area contributed by atoms with E-state index in [0.29, 0.717) is 32.5 Å². The van der Waals surface area contributed by atoms with E-state index in [-0.39, 0.29) is 18.2 Å². The van der Waals surface area contributed by atoms with Crippen LogP contribution in [0, 0.1) is 0 Å². The Balaban J connectivity index is 1.69. The molecule has 0 aromatic rings. The SMILES string of the molecule is NC1CCN(C(=O)NCC2CCC(C(=O)O)O2)C1. The van der Waals surface area contributed by atoms with Gasteiger partial charge in [0.05, 0.1) is 6.10 Å². The van der Waals surface area contributed by atoms with E-state index in [9.17, 15) is 9.59 Å². The first-order valence-electron chi connectivity index (χ1n) is 6.23. The molecule has 18 heavy (non-hydrogen) atoms. The van der Waals surface area contributed by atoms with Gasteiger partial charge in [-0.25, -0.2) is 9.59 Å². The van der Waals surface area contributed by atoms with Crippen LogP contribution in [0.2, 0.25) is 0 Å². The van der Waals surface area contributed by atoms with Crippen LogP contribution in [0.1, 0.15) is 19.3 Å². The first-order chi connectivity index (χ1) is 8.56. The number of carboxylic acid groups (broad SMARTS) is 1. The molecule has 0 aromatic heterocycles. The molecule has 2 aliphatic heterocycles. The third kappa shape index (κ3) is 3.11. The number of urea groups is 1. The van der Waals surface area contributed by atoms with Gasteiger partial charge in [0.1, 0.15) is 0 Å². The fourth-order valence-electron chi connectivity index (χ4n) is 2.32. The lowest BCUT2D eigenvalue weighted by molar-refractivity contribution is -0.149. The zero-order chi connectivity index (χ0) is 13.1. The summed E-state index contributed by atoms with van der Waals surface area (Å²) in [5.41, 5.74) is 5.72. The molecule has 0 aliphatic carbocycles. The number of nitrogens with zero attached hydrogens (tertiary/aromatic N) is 1. The van der Waals surface area contributed by atoms with Crippen LogP contribution in [0.5, 0.6) is 0 Å². The third-order valence-corrected chi connectivity index (χ3v) is 3.38. The number of likely N-dealkylation sites (tertiary alicyclic amines) is 1. The van der Waals surface area contributed by atoms with Crippen molar-refractivity contribution in [2.75, 3.05) is 19.6 Å². The highest BCUT2D eigenvalue weighted by Crippen LogP contribution is 2.19. The van der Waals surface area contributed by atoms with Crippen molar-refractivity contribution in [2.45, 2.75) is 37.5 Å². The van der Waals surface area contributed by atoms with E-state index < -0.39 is 12.1 Å². The Kier molecular flexibility index (Phi) is 4.03. The molecule has 2 fully saturated rings. The van der Waals surface area contributed by atoms with Crippen molar-refractivity contribution in [3.8, 4) is 0 Å². The van der Waals surface area contributed by atoms with E-state index in [1.54, 1.807) is 4.90 Å². The Morgan fingerprint density at radius 2 is 2.17 bits per heavy atom. The standard InChI is InChI=1S/C11H19N3O4/c12-7-3-4-14(6-7)11(17)13-5-8-1-2-9(18-8)10(15)16/h7-9H,1-6,12H2,(H,13,17)(H,15,16). The number of nitrogens with one attached hydrogen (secondary N) is 1. The average Bonchev–Trinajstić information content (AvgIpc) is 2.94. The first kappa shape index (κ1) is 13.1. The van der Waals surface area contributed by atoms with Crippen LogP contribution in [0.3, 0.4) is 0 Å². The summed E-state index contributed by atoms with van der Waals surface area (Å²) in [6, 6.07) is -0.0832. The zero-order valence-corrected chi connectivity index (χ0v) is 10.2. The maximum Gasteiger partial charge on any atom is 0.332 e. The number of hydrogen-bond acceptors (Lipinski definition) is 4. The van der Waals surface area contributed by atoms with Gasteiger partial charge in [-0.05, 0) is 19.3 Å². The number of carboxylic acids is 1. The highest BCUT2D eigenvalue weighted by Gasteiger charge is 2.31. The second-order valence-corrected chi connectivity index (χ2v) is 4.84. The summed E-state index contributed by atoms with van der Waals surface area (Å²) in [5.74, 6) is -0.936. The largest absolute Gasteiger partial charge is 0.479 e. The third-order valence-electron chi connectivity index (χ3n) is 3.38. The van der Waals surface area contributed by atoms with Gasteiger partial charge in [0.25, 0.3) is 0 Å². The van der Waals surface area contributed by atoms with Gasteiger partial charge in [0, 0.05) is 25.7 Å². The molecule has 102 valence electrons. The quantitative estimate of drug-likeness (QED) is 0.624. The summed E-state index contributed by atoms with van der Waals surface area (Å²) in [6.45, 7) is 1.61. The first-order valence-corrected chi connectivity index (χ1v) is 6.23. The fourth-order valence-corrected chi connectivity index (χ4v) is 2.32. The molecular formula is C11H19N3O4. The minimum atomic E-state index is -0.936. The Morgan fingerprint density at radius 1 is 1.39 bits per heavy atom. The van der Waals surface area contributed by atoms with Crippen LogP contribution < -0.4 is 11.1 Å². The lowest BCUT2D eigenvalue weighted by Crippen LogP contribution is -2.42. The Hall–Kier alpha value is -1.34. The van der Waals surface area contributed by atoms with Crippen molar-refractivity contribution in [3.63, 3.8) is 0 Å². The number of amides is 2. The number of carbonyl (C=O) groups is 2. The van der Waals surface area contributed by atoms with Gasteiger partial charge >= 0.3 is 12.0 Å². The van der Waals surface area contributed by atoms with Gasteiger partial charge in [0.15, 0.2) is 6.10 Å². The number of ether oxygens (including phenoxy) is 1. The van der Waals surface area contributed by atoms with Crippen molar-refractivity contribution < 1.29 is 19.4 Å². The highest BCUT2D eigenvalue weighted by molar-refractivity contribution is 5.74. The van der Waals surface area contributed by atoms with Crippen LogP contribution in [-0.2, 0) is 9.53 Å². The smallest absolute Gasteiger partial charge is 0.332 e.